The summed E-state index contributed by atoms with van der Waals surface area (Å²) >= 11 is 6.11. The van der Waals surface area contributed by atoms with Gasteiger partial charge in [-0.15, -0.1) is 0 Å². The van der Waals surface area contributed by atoms with Crippen LogP contribution in [0.25, 0.3) is 11.3 Å². The molecule has 4 nitrogen and oxygen atoms in total. The van der Waals surface area contributed by atoms with Crippen molar-refractivity contribution in [3.8, 4) is 11.3 Å². The Morgan fingerprint density at radius 3 is 2.29 bits per heavy atom. The second-order valence-electron chi connectivity index (χ2n) is 5.76. The fraction of sp³-hybridized carbons (Fsp3) is 0.375. The number of amides is 1. The Morgan fingerprint density at radius 1 is 1.21 bits per heavy atom. The first-order valence-corrected chi connectivity index (χ1v) is 7.62. The first kappa shape index (κ1) is 18.3. The highest BCUT2D eigenvalue weighted by Gasteiger charge is 2.30. The average Bonchev–Trinajstić information content (AvgIpc) is 2.88. The molecule has 1 aromatic carbocycles. The molecule has 0 saturated carbocycles. The van der Waals surface area contributed by atoms with Gasteiger partial charge in [0.2, 0.25) is 5.76 Å². The van der Waals surface area contributed by atoms with E-state index in [4.69, 9.17) is 16.1 Å². The predicted octanol–water partition coefficient (Wildman–Crippen LogP) is 4.79. The number of hydrogen-bond donors (Lipinski definition) is 1. The second kappa shape index (κ2) is 6.84. The number of aromatic nitrogens is 1. The van der Waals surface area contributed by atoms with Gasteiger partial charge in [0.05, 0.1) is 5.56 Å². The first-order chi connectivity index (χ1) is 11.1. The molecule has 8 heteroatoms. The zero-order valence-corrected chi connectivity index (χ0v) is 14.0. The molecule has 1 atom stereocenters. The SMILES string of the molecule is CC(C)C(C)NC(=O)c1onc(-c2ccc(C(F)(F)F)cc2)c1Cl. The largest absolute Gasteiger partial charge is 0.416 e. The van der Waals surface area contributed by atoms with Gasteiger partial charge in [0.15, 0.2) is 0 Å². The van der Waals surface area contributed by atoms with Crippen molar-refractivity contribution < 1.29 is 22.5 Å². The lowest BCUT2D eigenvalue weighted by atomic mass is 10.1. The number of carbonyl (C=O) groups is 1. The van der Waals surface area contributed by atoms with Crippen molar-refractivity contribution in [3.05, 3.63) is 40.6 Å². The third-order valence-corrected chi connectivity index (χ3v) is 4.04. The van der Waals surface area contributed by atoms with Gasteiger partial charge >= 0.3 is 6.18 Å². The molecule has 1 amide bonds. The Bertz CT molecular complexity index is 724. The van der Waals surface area contributed by atoms with Gasteiger partial charge in [-0.3, -0.25) is 4.79 Å². The average molecular weight is 361 g/mol. The molecule has 0 bridgehead atoms. The lowest BCUT2D eigenvalue weighted by molar-refractivity contribution is -0.137. The molecular weight excluding hydrogens is 345 g/mol. The van der Waals surface area contributed by atoms with Crippen molar-refractivity contribution in [2.75, 3.05) is 0 Å². The Kier molecular flexibility index (Phi) is 5.22. The monoisotopic (exact) mass is 360 g/mol. The number of rotatable bonds is 4. The van der Waals surface area contributed by atoms with E-state index in [1.54, 1.807) is 0 Å². The van der Waals surface area contributed by atoms with Crippen molar-refractivity contribution >= 4 is 17.5 Å². The highest BCUT2D eigenvalue weighted by molar-refractivity contribution is 6.35. The van der Waals surface area contributed by atoms with E-state index in [-0.39, 0.29) is 28.4 Å². The molecule has 0 radical (unpaired) electrons. The van der Waals surface area contributed by atoms with Gasteiger partial charge in [-0.2, -0.15) is 13.2 Å². The van der Waals surface area contributed by atoms with Crippen LogP contribution in [0.2, 0.25) is 5.02 Å². The van der Waals surface area contributed by atoms with Crippen LogP contribution < -0.4 is 5.32 Å². The molecule has 0 fully saturated rings. The summed E-state index contributed by atoms with van der Waals surface area (Å²) < 4.78 is 42.7. The Labute approximate surface area is 142 Å². The fourth-order valence-corrected chi connectivity index (χ4v) is 2.12. The van der Waals surface area contributed by atoms with Crippen LogP contribution in [0, 0.1) is 5.92 Å². The van der Waals surface area contributed by atoms with Crippen LogP contribution in [0.15, 0.2) is 28.8 Å². The highest BCUT2D eigenvalue weighted by Crippen LogP contribution is 2.33. The summed E-state index contributed by atoms with van der Waals surface area (Å²) in [6.07, 6.45) is -4.43. The molecule has 1 heterocycles. The summed E-state index contributed by atoms with van der Waals surface area (Å²) in [5.41, 5.74) is -0.338. The maximum absolute atomic E-state index is 12.6. The van der Waals surface area contributed by atoms with Crippen LogP contribution in [0.5, 0.6) is 0 Å². The topological polar surface area (TPSA) is 55.1 Å². The van der Waals surface area contributed by atoms with E-state index in [2.05, 4.69) is 10.5 Å². The number of nitrogens with zero attached hydrogens (tertiary/aromatic N) is 1. The highest BCUT2D eigenvalue weighted by atomic mass is 35.5. The Morgan fingerprint density at radius 2 is 1.79 bits per heavy atom. The van der Waals surface area contributed by atoms with Gasteiger partial charge in [-0.05, 0) is 25.0 Å². The molecule has 2 aromatic rings. The molecule has 0 spiro atoms. The Hall–Kier alpha value is -2.02. The summed E-state index contributed by atoms with van der Waals surface area (Å²) in [5.74, 6) is -0.476. The molecule has 0 aliphatic carbocycles. The Balaban J connectivity index is 2.25. The minimum Gasteiger partial charge on any atom is -0.349 e. The molecule has 130 valence electrons. The normalized spacial score (nSPS) is 13.2. The molecule has 1 aromatic heterocycles. The van der Waals surface area contributed by atoms with Crippen LogP contribution in [-0.2, 0) is 6.18 Å². The van der Waals surface area contributed by atoms with Gasteiger partial charge in [-0.25, -0.2) is 0 Å². The van der Waals surface area contributed by atoms with Crippen molar-refractivity contribution in [3.63, 3.8) is 0 Å². The number of nitrogens with one attached hydrogen (secondary N) is 1. The van der Waals surface area contributed by atoms with Gasteiger partial charge in [0.25, 0.3) is 5.91 Å². The van der Waals surface area contributed by atoms with Gasteiger partial charge < -0.3 is 9.84 Å². The van der Waals surface area contributed by atoms with E-state index >= 15 is 0 Å². The standard InChI is InChI=1S/C16H16ClF3N2O2/c1-8(2)9(3)21-15(23)14-12(17)13(22-24-14)10-4-6-11(7-5-10)16(18,19)20/h4-9H,1-3H3,(H,21,23). The summed E-state index contributed by atoms with van der Waals surface area (Å²) in [7, 11) is 0. The summed E-state index contributed by atoms with van der Waals surface area (Å²) in [6.45, 7) is 5.73. The van der Waals surface area contributed by atoms with E-state index in [1.807, 2.05) is 20.8 Å². The zero-order chi connectivity index (χ0) is 18.1. The minimum absolute atomic E-state index is 0.0387. The third kappa shape index (κ3) is 3.90. The first-order valence-electron chi connectivity index (χ1n) is 7.25. The van der Waals surface area contributed by atoms with Crippen molar-refractivity contribution in [2.24, 2.45) is 5.92 Å². The van der Waals surface area contributed by atoms with Gasteiger partial charge in [0, 0.05) is 11.6 Å². The van der Waals surface area contributed by atoms with Crippen LogP contribution in [-0.4, -0.2) is 17.1 Å². The maximum Gasteiger partial charge on any atom is 0.416 e. The zero-order valence-electron chi connectivity index (χ0n) is 13.2. The van der Waals surface area contributed by atoms with Crippen LogP contribution in [0.1, 0.15) is 36.9 Å². The van der Waals surface area contributed by atoms with E-state index in [9.17, 15) is 18.0 Å². The van der Waals surface area contributed by atoms with Crippen molar-refractivity contribution in [2.45, 2.75) is 33.0 Å². The second-order valence-corrected chi connectivity index (χ2v) is 6.13. The lowest BCUT2D eigenvalue weighted by Crippen LogP contribution is -2.36. The summed E-state index contributed by atoms with van der Waals surface area (Å²) in [4.78, 5) is 12.1. The number of alkyl halides is 3. The van der Waals surface area contributed by atoms with Crippen molar-refractivity contribution in [1.29, 1.82) is 0 Å². The molecule has 0 saturated heterocycles. The molecular formula is C16H16ClF3N2O2. The predicted molar refractivity (Wildman–Crippen MR) is 83.7 cm³/mol. The van der Waals surface area contributed by atoms with E-state index in [0.717, 1.165) is 12.1 Å². The third-order valence-electron chi connectivity index (χ3n) is 3.69. The molecule has 1 N–H and O–H groups in total. The molecule has 0 aliphatic heterocycles. The van der Waals surface area contributed by atoms with Crippen molar-refractivity contribution in [1.82, 2.24) is 10.5 Å². The molecule has 2 rings (SSSR count). The lowest BCUT2D eigenvalue weighted by Gasteiger charge is -2.16. The quantitative estimate of drug-likeness (QED) is 0.853. The van der Waals surface area contributed by atoms with Crippen LogP contribution >= 0.6 is 11.6 Å². The van der Waals surface area contributed by atoms with Gasteiger partial charge in [0.1, 0.15) is 10.7 Å². The molecule has 24 heavy (non-hydrogen) atoms. The smallest absolute Gasteiger partial charge is 0.349 e. The van der Waals surface area contributed by atoms with Crippen LogP contribution in [0.4, 0.5) is 13.2 Å². The van der Waals surface area contributed by atoms with E-state index in [0.29, 0.717) is 5.56 Å². The van der Waals surface area contributed by atoms with Crippen LogP contribution in [0.3, 0.4) is 0 Å². The number of hydrogen-bond acceptors (Lipinski definition) is 3. The minimum atomic E-state index is -4.43. The summed E-state index contributed by atoms with van der Waals surface area (Å²) in [5, 5.41) is 6.39. The number of carbonyl (C=O) groups excluding carboxylic acids is 1. The van der Waals surface area contributed by atoms with E-state index in [1.165, 1.54) is 12.1 Å². The summed E-state index contributed by atoms with van der Waals surface area (Å²) in [6, 6.07) is 4.19. The number of halogens is 4. The van der Waals surface area contributed by atoms with Gasteiger partial charge in [-0.1, -0.05) is 42.7 Å². The fourth-order valence-electron chi connectivity index (χ4n) is 1.86. The maximum atomic E-state index is 12.6. The van der Waals surface area contributed by atoms with E-state index < -0.39 is 17.6 Å². The molecule has 1 unspecified atom stereocenters. The number of benzene rings is 1. The molecule has 0 aliphatic rings.